The van der Waals surface area contributed by atoms with Crippen molar-refractivity contribution in [2.24, 2.45) is 0 Å². The molecule has 0 aliphatic carbocycles. The van der Waals surface area contributed by atoms with Gasteiger partial charge in [0.25, 0.3) is 5.56 Å². The topological polar surface area (TPSA) is 55.5 Å². The monoisotopic (exact) mass is 391 g/mol. The summed E-state index contributed by atoms with van der Waals surface area (Å²) < 4.78 is 17.2. The molecule has 0 aliphatic heterocycles. The van der Waals surface area contributed by atoms with Crippen molar-refractivity contribution in [2.45, 2.75) is 32.7 Å². The summed E-state index contributed by atoms with van der Waals surface area (Å²) in [5.74, 6) is -0.496. The summed E-state index contributed by atoms with van der Waals surface area (Å²) in [6.07, 6.45) is 3.37. The van der Waals surface area contributed by atoms with E-state index >= 15 is 0 Å². The van der Waals surface area contributed by atoms with E-state index in [1.165, 1.54) is 12.1 Å². The fourth-order valence-corrected chi connectivity index (χ4v) is 3.71. The molecule has 0 fully saturated rings. The van der Waals surface area contributed by atoms with E-state index in [0.29, 0.717) is 24.0 Å². The van der Waals surface area contributed by atoms with Crippen molar-refractivity contribution in [1.29, 1.82) is 0 Å². The number of aromatic nitrogens is 2. The Balaban J connectivity index is 1.55. The van der Waals surface area contributed by atoms with Crippen LogP contribution >= 0.6 is 0 Å². The highest BCUT2D eigenvalue weighted by Crippen LogP contribution is 2.18. The van der Waals surface area contributed by atoms with Gasteiger partial charge >= 0.3 is 0 Å². The molecule has 4 rings (SSSR count). The molecule has 0 aliphatic rings. The number of carbonyl (C=O) groups excluding carboxylic acids is 1. The number of fused-ring (bicyclic) bond motifs is 3. The van der Waals surface area contributed by atoms with Crippen molar-refractivity contribution in [2.75, 3.05) is 5.32 Å². The highest BCUT2D eigenvalue weighted by molar-refractivity contribution is 5.91. The van der Waals surface area contributed by atoms with Gasteiger partial charge in [0, 0.05) is 24.8 Å². The average molecular weight is 391 g/mol. The van der Waals surface area contributed by atoms with Crippen LogP contribution in [0.15, 0.2) is 65.6 Å². The van der Waals surface area contributed by atoms with Crippen LogP contribution in [0.4, 0.5) is 10.1 Å². The van der Waals surface area contributed by atoms with Gasteiger partial charge in [0.15, 0.2) is 0 Å². The number of anilines is 1. The molecule has 0 bridgehead atoms. The molecule has 2 heterocycles. The van der Waals surface area contributed by atoms with E-state index in [-0.39, 0.29) is 17.9 Å². The van der Waals surface area contributed by atoms with E-state index in [9.17, 15) is 14.0 Å². The van der Waals surface area contributed by atoms with Crippen molar-refractivity contribution < 1.29 is 9.18 Å². The smallest absolute Gasteiger partial charge is 0.275 e. The Morgan fingerprint density at radius 3 is 2.69 bits per heavy atom. The van der Waals surface area contributed by atoms with Crippen LogP contribution < -0.4 is 10.9 Å². The minimum Gasteiger partial charge on any atom is -0.326 e. The van der Waals surface area contributed by atoms with E-state index in [1.54, 1.807) is 33.4 Å². The zero-order valence-electron chi connectivity index (χ0n) is 16.2. The SMILES string of the molecule is CCc1ccccc1NC(=O)CCCn1c(=O)c2cccn2c2ccc(F)cc21. The van der Waals surface area contributed by atoms with Gasteiger partial charge in [-0.1, -0.05) is 25.1 Å². The van der Waals surface area contributed by atoms with Gasteiger partial charge in [-0.3, -0.25) is 9.59 Å². The lowest BCUT2D eigenvalue weighted by Gasteiger charge is -2.13. The molecule has 0 unspecified atom stereocenters. The third kappa shape index (κ3) is 3.66. The van der Waals surface area contributed by atoms with E-state index in [1.807, 2.05) is 31.2 Å². The summed E-state index contributed by atoms with van der Waals surface area (Å²) in [6, 6.07) is 15.7. The molecule has 5 nitrogen and oxygen atoms in total. The number of nitrogens with one attached hydrogen (secondary N) is 1. The summed E-state index contributed by atoms with van der Waals surface area (Å²) in [4.78, 5) is 25.3. The van der Waals surface area contributed by atoms with Crippen LogP contribution in [0.3, 0.4) is 0 Å². The van der Waals surface area contributed by atoms with Gasteiger partial charge in [-0.15, -0.1) is 0 Å². The second-order valence-corrected chi connectivity index (χ2v) is 7.02. The zero-order valence-corrected chi connectivity index (χ0v) is 16.2. The first-order chi connectivity index (χ1) is 14.1. The number of rotatable bonds is 6. The van der Waals surface area contributed by atoms with Gasteiger partial charge in [0.2, 0.25) is 5.91 Å². The lowest BCUT2D eigenvalue weighted by molar-refractivity contribution is -0.116. The molecule has 1 N–H and O–H groups in total. The summed E-state index contributed by atoms with van der Waals surface area (Å²) in [6.45, 7) is 2.38. The molecule has 0 saturated heterocycles. The molecule has 0 saturated carbocycles. The third-order valence-electron chi connectivity index (χ3n) is 5.16. The molecule has 4 aromatic rings. The van der Waals surface area contributed by atoms with Crippen molar-refractivity contribution in [1.82, 2.24) is 8.97 Å². The highest BCUT2D eigenvalue weighted by atomic mass is 19.1. The number of benzene rings is 2. The van der Waals surface area contributed by atoms with E-state index in [2.05, 4.69) is 5.32 Å². The van der Waals surface area contributed by atoms with Crippen molar-refractivity contribution in [3.8, 4) is 0 Å². The van der Waals surface area contributed by atoms with Gasteiger partial charge in [0.1, 0.15) is 11.3 Å². The number of halogens is 1. The van der Waals surface area contributed by atoms with Gasteiger partial charge in [-0.05, 0) is 54.8 Å². The zero-order chi connectivity index (χ0) is 20.4. The van der Waals surface area contributed by atoms with Crippen LogP contribution in [0.5, 0.6) is 0 Å². The number of nitrogens with zero attached hydrogens (tertiary/aromatic N) is 2. The Hall–Kier alpha value is -3.41. The van der Waals surface area contributed by atoms with Gasteiger partial charge in [0.05, 0.1) is 11.0 Å². The fourth-order valence-electron chi connectivity index (χ4n) is 3.71. The predicted molar refractivity (Wildman–Crippen MR) is 113 cm³/mol. The molecule has 1 amide bonds. The maximum absolute atomic E-state index is 13.8. The Kier molecular flexibility index (Phi) is 5.16. The predicted octanol–water partition coefficient (Wildman–Crippen LogP) is 4.37. The van der Waals surface area contributed by atoms with Crippen LogP contribution in [0.25, 0.3) is 16.6 Å². The van der Waals surface area contributed by atoms with Crippen LogP contribution in [0.2, 0.25) is 0 Å². The number of hydrogen-bond donors (Lipinski definition) is 1. The molecule has 0 radical (unpaired) electrons. The average Bonchev–Trinajstić information content (AvgIpc) is 3.21. The lowest BCUT2D eigenvalue weighted by atomic mass is 10.1. The molecule has 148 valence electrons. The Morgan fingerprint density at radius 2 is 1.86 bits per heavy atom. The lowest BCUT2D eigenvalue weighted by Crippen LogP contribution is -2.23. The molecular formula is C23H22FN3O2. The largest absolute Gasteiger partial charge is 0.326 e. The standard InChI is InChI=1S/C23H22FN3O2/c1-2-16-7-3-4-8-18(16)25-22(28)10-6-14-27-21-15-17(24)11-12-19(21)26-13-5-9-20(26)23(27)29/h3-5,7-9,11-13,15H,2,6,10,14H2,1H3,(H,25,28). The quantitative estimate of drug-likeness (QED) is 0.530. The van der Waals surface area contributed by atoms with Crippen LogP contribution in [0, 0.1) is 5.82 Å². The normalized spacial score (nSPS) is 11.2. The van der Waals surface area contributed by atoms with Crippen molar-refractivity contribution in [3.05, 3.63) is 82.5 Å². The maximum Gasteiger partial charge on any atom is 0.275 e. The Bertz CT molecular complexity index is 1260. The fraction of sp³-hybridized carbons (Fsp3) is 0.217. The molecular weight excluding hydrogens is 369 g/mol. The van der Waals surface area contributed by atoms with E-state index in [0.717, 1.165) is 23.2 Å². The summed E-state index contributed by atoms with van der Waals surface area (Å²) in [5, 5.41) is 2.94. The van der Waals surface area contributed by atoms with E-state index < -0.39 is 5.82 Å². The number of aryl methyl sites for hydroxylation is 2. The molecule has 0 spiro atoms. The first-order valence-electron chi connectivity index (χ1n) is 9.75. The van der Waals surface area contributed by atoms with Crippen LogP contribution in [0.1, 0.15) is 25.3 Å². The minimum absolute atomic E-state index is 0.0989. The van der Waals surface area contributed by atoms with Gasteiger partial charge in [-0.25, -0.2) is 4.39 Å². The molecule has 6 heteroatoms. The summed E-state index contributed by atoms with van der Waals surface area (Å²) >= 11 is 0. The van der Waals surface area contributed by atoms with Crippen LogP contribution in [-0.4, -0.2) is 14.9 Å². The highest BCUT2D eigenvalue weighted by Gasteiger charge is 2.12. The molecule has 0 atom stereocenters. The first kappa shape index (κ1) is 18.9. The van der Waals surface area contributed by atoms with Gasteiger partial charge in [-0.2, -0.15) is 0 Å². The number of amides is 1. The first-order valence-corrected chi connectivity index (χ1v) is 9.75. The minimum atomic E-state index is -0.397. The Morgan fingerprint density at radius 1 is 1.03 bits per heavy atom. The van der Waals surface area contributed by atoms with Crippen molar-refractivity contribution >= 4 is 28.1 Å². The number of para-hydroxylation sites is 1. The maximum atomic E-state index is 13.8. The third-order valence-corrected chi connectivity index (χ3v) is 5.16. The summed E-state index contributed by atoms with van der Waals surface area (Å²) in [5.41, 5.74) is 3.52. The van der Waals surface area contributed by atoms with E-state index in [4.69, 9.17) is 0 Å². The molecule has 2 aromatic heterocycles. The van der Waals surface area contributed by atoms with Crippen LogP contribution in [-0.2, 0) is 17.8 Å². The second kappa shape index (κ2) is 7.91. The van der Waals surface area contributed by atoms with Crippen molar-refractivity contribution in [3.63, 3.8) is 0 Å². The van der Waals surface area contributed by atoms with Gasteiger partial charge < -0.3 is 14.3 Å². The molecule has 29 heavy (non-hydrogen) atoms. The summed E-state index contributed by atoms with van der Waals surface area (Å²) in [7, 11) is 0. The number of carbonyl (C=O) groups is 1. The number of hydrogen-bond acceptors (Lipinski definition) is 2. The second-order valence-electron chi connectivity index (χ2n) is 7.02. The Labute approximate surface area is 167 Å². The molecule has 2 aromatic carbocycles.